The molecule has 0 bridgehead atoms. The van der Waals surface area contributed by atoms with E-state index in [1.807, 2.05) is 24.3 Å². The fourth-order valence-corrected chi connectivity index (χ4v) is 3.06. The van der Waals surface area contributed by atoms with Crippen LogP contribution in [0.25, 0.3) is 22.3 Å². The Bertz CT molecular complexity index is 850. The summed E-state index contributed by atoms with van der Waals surface area (Å²) in [4.78, 5) is 15.9. The van der Waals surface area contributed by atoms with E-state index in [4.69, 9.17) is 14.7 Å². The first-order chi connectivity index (χ1) is 11.2. The van der Waals surface area contributed by atoms with Crippen LogP contribution in [0.15, 0.2) is 47.2 Å². The van der Waals surface area contributed by atoms with Crippen LogP contribution >= 0.6 is 15.9 Å². The highest BCUT2D eigenvalue weighted by atomic mass is 79.9. The molecule has 6 heteroatoms. The molecule has 23 heavy (non-hydrogen) atoms. The van der Waals surface area contributed by atoms with Crippen LogP contribution in [0.3, 0.4) is 0 Å². The Morgan fingerprint density at radius 2 is 2.09 bits per heavy atom. The summed E-state index contributed by atoms with van der Waals surface area (Å²) >= 11 is 3.52. The molecular weight excluding hydrogens is 356 g/mol. The smallest absolute Gasteiger partial charge is 0.163 e. The van der Waals surface area contributed by atoms with Gasteiger partial charge in [0.25, 0.3) is 0 Å². The normalized spacial score (nSPS) is 15.0. The summed E-state index contributed by atoms with van der Waals surface area (Å²) in [7, 11) is 1.75. The quantitative estimate of drug-likeness (QED) is 0.707. The summed E-state index contributed by atoms with van der Waals surface area (Å²) in [6.45, 7) is 1.70. The monoisotopic (exact) mass is 370 g/mol. The SMILES string of the molecule is COC1CN(c2nc(-c3cccnc3)nc3cc(Br)ccc23)C1. The number of benzene rings is 1. The van der Waals surface area contributed by atoms with Gasteiger partial charge in [0.15, 0.2) is 5.82 Å². The highest BCUT2D eigenvalue weighted by Crippen LogP contribution is 2.31. The Balaban J connectivity index is 1.86. The molecule has 5 nitrogen and oxygen atoms in total. The highest BCUT2D eigenvalue weighted by Gasteiger charge is 2.29. The summed E-state index contributed by atoms with van der Waals surface area (Å²) in [5, 5.41) is 1.05. The third kappa shape index (κ3) is 2.68. The molecular formula is C17H15BrN4O. The van der Waals surface area contributed by atoms with Gasteiger partial charge < -0.3 is 9.64 Å². The van der Waals surface area contributed by atoms with E-state index < -0.39 is 0 Å². The predicted octanol–water partition coefficient (Wildman–Crippen LogP) is 3.29. The molecule has 1 saturated heterocycles. The van der Waals surface area contributed by atoms with Gasteiger partial charge >= 0.3 is 0 Å². The van der Waals surface area contributed by atoms with Gasteiger partial charge in [-0.2, -0.15) is 0 Å². The molecule has 0 unspecified atom stereocenters. The van der Waals surface area contributed by atoms with Crippen LogP contribution in [0.5, 0.6) is 0 Å². The average Bonchev–Trinajstić information content (AvgIpc) is 2.54. The number of halogens is 1. The lowest BCUT2D eigenvalue weighted by Crippen LogP contribution is -2.52. The Morgan fingerprint density at radius 1 is 1.22 bits per heavy atom. The minimum atomic E-state index is 0.275. The lowest BCUT2D eigenvalue weighted by Gasteiger charge is -2.39. The van der Waals surface area contributed by atoms with Crippen LogP contribution in [-0.4, -0.2) is 41.3 Å². The topological polar surface area (TPSA) is 51.1 Å². The molecule has 3 aromatic rings. The first-order valence-corrected chi connectivity index (χ1v) is 8.19. The molecule has 1 aromatic carbocycles. The van der Waals surface area contributed by atoms with Gasteiger partial charge in [-0.15, -0.1) is 0 Å². The van der Waals surface area contributed by atoms with E-state index in [2.05, 4.69) is 31.9 Å². The van der Waals surface area contributed by atoms with Crippen molar-refractivity contribution in [3.05, 3.63) is 47.2 Å². The van der Waals surface area contributed by atoms with E-state index in [1.165, 1.54) is 0 Å². The first-order valence-electron chi connectivity index (χ1n) is 7.40. The molecule has 4 rings (SSSR count). The van der Waals surface area contributed by atoms with E-state index in [1.54, 1.807) is 19.5 Å². The van der Waals surface area contributed by atoms with Crippen molar-refractivity contribution >= 4 is 32.7 Å². The Labute approximate surface area is 142 Å². The molecule has 0 aliphatic carbocycles. The van der Waals surface area contributed by atoms with Crippen molar-refractivity contribution in [2.24, 2.45) is 0 Å². The maximum absolute atomic E-state index is 5.38. The number of anilines is 1. The van der Waals surface area contributed by atoms with Crippen molar-refractivity contribution in [2.75, 3.05) is 25.1 Å². The van der Waals surface area contributed by atoms with Crippen LogP contribution in [-0.2, 0) is 4.74 Å². The number of hydrogen-bond acceptors (Lipinski definition) is 5. The van der Waals surface area contributed by atoms with Gasteiger partial charge in [-0.25, -0.2) is 9.97 Å². The van der Waals surface area contributed by atoms with Gasteiger partial charge in [0.1, 0.15) is 5.82 Å². The number of methoxy groups -OCH3 is 1. The molecule has 2 aromatic heterocycles. The molecule has 1 aliphatic rings. The maximum atomic E-state index is 5.38. The van der Waals surface area contributed by atoms with Gasteiger partial charge in [0, 0.05) is 48.0 Å². The van der Waals surface area contributed by atoms with Crippen molar-refractivity contribution in [2.45, 2.75) is 6.10 Å². The van der Waals surface area contributed by atoms with Crippen LogP contribution in [0.1, 0.15) is 0 Å². The number of nitrogens with zero attached hydrogens (tertiary/aromatic N) is 4. The maximum Gasteiger partial charge on any atom is 0.163 e. The Hall–Kier alpha value is -2.05. The summed E-state index contributed by atoms with van der Waals surface area (Å²) < 4.78 is 6.39. The third-order valence-corrected chi connectivity index (χ3v) is 4.53. The Kier molecular flexibility index (Phi) is 3.71. The third-order valence-electron chi connectivity index (χ3n) is 4.04. The number of fused-ring (bicyclic) bond motifs is 1. The van der Waals surface area contributed by atoms with Gasteiger partial charge in [-0.1, -0.05) is 15.9 Å². The molecule has 0 radical (unpaired) electrons. The van der Waals surface area contributed by atoms with Gasteiger partial charge in [0.05, 0.1) is 11.6 Å². The molecule has 1 fully saturated rings. The molecule has 0 saturated carbocycles. The molecule has 0 amide bonds. The van der Waals surface area contributed by atoms with Crippen molar-refractivity contribution in [1.29, 1.82) is 0 Å². The van der Waals surface area contributed by atoms with Gasteiger partial charge in [-0.3, -0.25) is 4.98 Å². The molecule has 116 valence electrons. The number of hydrogen-bond donors (Lipinski definition) is 0. The second-order valence-corrected chi connectivity index (χ2v) is 6.45. The molecule has 0 spiro atoms. The minimum absolute atomic E-state index is 0.275. The van der Waals surface area contributed by atoms with Crippen molar-refractivity contribution in [1.82, 2.24) is 15.0 Å². The van der Waals surface area contributed by atoms with Crippen LogP contribution in [0.2, 0.25) is 0 Å². The zero-order valence-electron chi connectivity index (χ0n) is 12.6. The molecule has 3 heterocycles. The second-order valence-electron chi connectivity index (χ2n) is 5.54. The van der Waals surface area contributed by atoms with Crippen molar-refractivity contribution in [3.8, 4) is 11.4 Å². The lowest BCUT2D eigenvalue weighted by atomic mass is 10.1. The van der Waals surface area contributed by atoms with E-state index in [9.17, 15) is 0 Å². The van der Waals surface area contributed by atoms with E-state index in [0.29, 0.717) is 5.82 Å². The standard InChI is InChI=1S/C17H15BrN4O/c1-23-13-9-22(10-13)17-14-5-4-12(18)7-15(14)20-16(21-17)11-3-2-6-19-8-11/h2-8,13H,9-10H2,1H3. The van der Waals surface area contributed by atoms with Crippen molar-refractivity contribution in [3.63, 3.8) is 0 Å². The van der Waals surface area contributed by atoms with Gasteiger partial charge in [0.2, 0.25) is 0 Å². The fourth-order valence-electron chi connectivity index (χ4n) is 2.71. The predicted molar refractivity (Wildman–Crippen MR) is 93.5 cm³/mol. The molecule has 0 N–H and O–H groups in total. The number of ether oxygens (including phenoxy) is 1. The zero-order chi connectivity index (χ0) is 15.8. The largest absolute Gasteiger partial charge is 0.378 e. The van der Waals surface area contributed by atoms with Crippen LogP contribution in [0, 0.1) is 0 Å². The summed E-state index contributed by atoms with van der Waals surface area (Å²) in [5.74, 6) is 1.65. The van der Waals surface area contributed by atoms with Crippen LogP contribution in [0.4, 0.5) is 5.82 Å². The van der Waals surface area contributed by atoms with Gasteiger partial charge in [-0.05, 0) is 30.3 Å². The number of pyridine rings is 1. The molecule has 0 atom stereocenters. The van der Waals surface area contributed by atoms with Crippen LogP contribution < -0.4 is 4.90 Å². The van der Waals surface area contributed by atoms with E-state index in [0.717, 1.165) is 39.8 Å². The molecule has 1 aliphatic heterocycles. The summed E-state index contributed by atoms with van der Waals surface area (Å²) in [6, 6.07) is 9.97. The van der Waals surface area contributed by atoms with E-state index >= 15 is 0 Å². The average molecular weight is 371 g/mol. The number of rotatable bonds is 3. The summed E-state index contributed by atoms with van der Waals surface area (Å²) in [5.41, 5.74) is 1.84. The Morgan fingerprint density at radius 3 is 2.83 bits per heavy atom. The summed E-state index contributed by atoms with van der Waals surface area (Å²) in [6.07, 6.45) is 3.81. The number of aromatic nitrogens is 3. The lowest BCUT2D eigenvalue weighted by molar-refractivity contribution is 0.0785. The minimum Gasteiger partial charge on any atom is -0.378 e. The van der Waals surface area contributed by atoms with E-state index in [-0.39, 0.29) is 6.10 Å². The van der Waals surface area contributed by atoms with Crippen molar-refractivity contribution < 1.29 is 4.74 Å². The second kappa shape index (κ2) is 5.86. The zero-order valence-corrected chi connectivity index (χ0v) is 14.2. The fraction of sp³-hybridized carbons (Fsp3) is 0.235. The highest BCUT2D eigenvalue weighted by molar-refractivity contribution is 9.10. The first kappa shape index (κ1) is 14.5.